The largest absolute Gasteiger partial charge is 0.478 e. The molecule has 2 aromatic rings. The number of hydrogen-bond donors (Lipinski definition) is 2. The van der Waals surface area contributed by atoms with Gasteiger partial charge in [0.15, 0.2) is 0 Å². The molecule has 76 valence electrons. The van der Waals surface area contributed by atoms with Gasteiger partial charge in [0.25, 0.3) is 0 Å². The van der Waals surface area contributed by atoms with Crippen LogP contribution in [0, 0.1) is 0 Å². The first-order valence-electron chi connectivity index (χ1n) is 4.10. The van der Waals surface area contributed by atoms with Crippen molar-refractivity contribution in [1.82, 2.24) is 9.55 Å². The van der Waals surface area contributed by atoms with Gasteiger partial charge in [0, 0.05) is 0 Å². The number of benzene rings is 1. The van der Waals surface area contributed by atoms with Gasteiger partial charge in [-0.3, -0.25) is 4.57 Å². The van der Waals surface area contributed by atoms with Crippen LogP contribution in [0.5, 0.6) is 0 Å². The molecule has 0 aliphatic rings. The van der Waals surface area contributed by atoms with Crippen molar-refractivity contribution in [2.75, 3.05) is 0 Å². The maximum absolute atomic E-state index is 10.9. The Morgan fingerprint density at radius 1 is 1.40 bits per heavy atom. The molecule has 1 amide bonds. The summed E-state index contributed by atoms with van der Waals surface area (Å²) in [4.78, 5) is 25.5. The van der Waals surface area contributed by atoms with Crippen LogP contribution in [0.2, 0.25) is 0 Å². The molecule has 1 aromatic carbocycles. The third-order valence-corrected chi connectivity index (χ3v) is 2.03. The zero-order valence-corrected chi connectivity index (χ0v) is 7.54. The molecule has 0 aliphatic carbocycles. The van der Waals surface area contributed by atoms with Gasteiger partial charge in [-0.15, -0.1) is 0 Å². The number of carbonyl (C=O) groups excluding carboxylic acids is 1. The average Bonchev–Trinajstić information content (AvgIpc) is 2.59. The summed E-state index contributed by atoms with van der Waals surface area (Å²) in [6.07, 6.45) is 1.26. The van der Waals surface area contributed by atoms with Crippen LogP contribution >= 0.6 is 0 Å². The normalized spacial score (nSPS) is 10.4. The third kappa shape index (κ3) is 1.41. The van der Waals surface area contributed by atoms with Crippen molar-refractivity contribution in [1.29, 1.82) is 0 Å². The number of aromatic nitrogens is 2. The number of primary amides is 1. The van der Waals surface area contributed by atoms with Crippen LogP contribution in [0.1, 0.15) is 10.4 Å². The van der Waals surface area contributed by atoms with Crippen LogP contribution in [0.4, 0.5) is 4.79 Å². The number of fused-ring (bicyclic) bond motifs is 1. The highest BCUT2D eigenvalue weighted by atomic mass is 16.4. The maximum Gasteiger partial charge on any atom is 0.335 e. The second-order valence-electron chi connectivity index (χ2n) is 2.96. The van der Waals surface area contributed by atoms with Crippen LogP contribution in [0.15, 0.2) is 24.5 Å². The van der Waals surface area contributed by atoms with Crippen LogP contribution in [-0.4, -0.2) is 26.7 Å². The van der Waals surface area contributed by atoms with Crippen molar-refractivity contribution < 1.29 is 14.7 Å². The minimum absolute atomic E-state index is 0.122. The first kappa shape index (κ1) is 9.20. The van der Waals surface area contributed by atoms with E-state index in [9.17, 15) is 9.59 Å². The molecular formula is C9H7N3O3. The lowest BCUT2D eigenvalue weighted by Crippen LogP contribution is -2.18. The van der Waals surface area contributed by atoms with E-state index in [-0.39, 0.29) is 5.56 Å². The number of carbonyl (C=O) groups is 2. The van der Waals surface area contributed by atoms with E-state index in [0.29, 0.717) is 11.0 Å². The quantitative estimate of drug-likeness (QED) is 0.714. The second-order valence-corrected chi connectivity index (χ2v) is 2.96. The van der Waals surface area contributed by atoms with Gasteiger partial charge in [-0.25, -0.2) is 14.6 Å². The zero-order valence-electron chi connectivity index (χ0n) is 7.54. The van der Waals surface area contributed by atoms with Crippen molar-refractivity contribution in [3.8, 4) is 0 Å². The molecule has 0 radical (unpaired) electrons. The molecule has 3 N–H and O–H groups in total. The molecular weight excluding hydrogens is 198 g/mol. The fraction of sp³-hybridized carbons (Fsp3) is 0. The number of hydrogen-bond acceptors (Lipinski definition) is 3. The van der Waals surface area contributed by atoms with Crippen molar-refractivity contribution >= 4 is 23.0 Å². The molecule has 6 heteroatoms. The summed E-state index contributed by atoms with van der Waals surface area (Å²) in [5, 5.41) is 8.73. The van der Waals surface area contributed by atoms with E-state index >= 15 is 0 Å². The molecule has 1 aromatic heterocycles. The lowest BCUT2D eigenvalue weighted by molar-refractivity contribution is 0.0697. The fourth-order valence-corrected chi connectivity index (χ4v) is 1.32. The van der Waals surface area contributed by atoms with Gasteiger partial charge in [0.05, 0.1) is 16.6 Å². The van der Waals surface area contributed by atoms with E-state index < -0.39 is 12.0 Å². The monoisotopic (exact) mass is 205 g/mol. The Labute approximate surface area is 83.9 Å². The van der Waals surface area contributed by atoms with Crippen molar-refractivity contribution in [2.24, 2.45) is 5.73 Å². The molecule has 6 nitrogen and oxygen atoms in total. The van der Waals surface area contributed by atoms with Gasteiger partial charge < -0.3 is 10.8 Å². The molecule has 0 bridgehead atoms. The lowest BCUT2D eigenvalue weighted by Gasteiger charge is -1.97. The van der Waals surface area contributed by atoms with E-state index in [0.717, 1.165) is 4.57 Å². The Balaban J connectivity index is 2.66. The predicted octanol–water partition coefficient (Wildman–Crippen LogP) is 0.661. The summed E-state index contributed by atoms with van der Waals surface area (Å²) in [6.45, 7) is 0. The summed E-state index contributed by atoms with van der Waals surface area (Å²) in [5.74, 6) is -1.04. The summed E-state index contributed by atoms with van der Waals surface area (Å²) >= 11 is 0. The highest BCUT2D eigenvalue weighted by molar-refractivity contribution is 5.94. The lowest BCUT2D eigenvalue weighted by atomic mass is 10.2. The Kier molecular flexibility index (Phi) is 1.89. The van der Waals surface area contributed by atoms with Crippen LogP contribution < -0.4 is 5.73 Å². The van der Waals surface area contributed by atoms with Crippen molar-refractivity contribution in [2.45, 2.75) is 0 Å². The molecule has 0 saturated carbocycles. The van der Waals surface area contributed by atoms with Gasteiger partial charge in [0.1, 0.15) is 6.33 Å². The van der Waals surface area contributed by atoms with Crippen LogP contribution in [0.3, 0.4) is 0 Å². The van der Waals surface area contributed by atoms with Gasteiger partial charge in [0.2, 0.25) is 0 Å². The van der Waals surface area contributed by atoms with Gasteiger partial charge in [-0.2, -0.15) is 0 Å². The second kappa shape index (κ2) is 3.09. The number of carboxylic acids is 1. The fourth-order valence-electron chi connectivity index (χ4n) is 1.32. The Morgan fingerprint density at radius 2 is 2.13 bits per heavy atom. The van der Waals surface area contributed by atoms with E-state index in [1.54, 1.807) is 0 Å². The van der Waals surface area contributed by atoms with E-state index in [4.69, 9.17) is 10.8 Å². The van der Waals surface area contributed by atoms with Gasteiger partial charge in [-0.1, -0.05) is 0 Å². The Hall–Kier alpha value is -2.37. The Bertz CT molecular complexity index is 559. The first-order valence-corrected chi connectivity index (χ1v) is 4.10. The molecule has 0 fully saturated rings. The minimum atomic E-state index is -1.04. The van der Waals surface area contributed by atoms with Crippen LogP contribution in [-0.2, 0) is 0 Å². The summed E-state index contributed by atoms with van der Waals surface area (Å²) < 4.78 is 1.15. The highest BCUT2D eigenvalue weighted by Gasteiger charge is 2.09. The van der Waals surface area contributed by atoms with Crippen molar-refractivity contribution in [3.05, 3.63) is 30.1 Å². The third-order valence-electron chi connectivity index (χ3n) is 2.03. The standard InChI is InChI=1S/C9H7N3O3/c10-9(15)12-4-11-6-3-5(8(13)14)1-2-7(6)12/h1-4H,(H2,10,15)(H,13,14). The number of imidazole rings is 1. The van der Waals surface area contributed by atoms with Crippen LogP contribution in [0.25, 0.3) is 11.0 Å². The smallest absolute Gasteiger partial charge is 0.335 e. The zero-order chi connectivity index (χ0) is 11.0. The minimum Gasteiger partial charge on any atom is -0.478 e. The van der Waals surface area contributed by atoms with Gasteiger partial charge >= 0.3 is 12.0 Å². The number of nitrogens with two attached hydrogens (primary N) is 1. The molecule has 15 heavy (non-hydrogen) atoms. The Morgan fingerprint density at radius 3 is 2.73 bits per heavy atom. The van der Waals surface area contributed by atoms with E-state index in [1.807, 2.05) is 0 Å². The number of rotatable bonds is 1. The van der Waals surface area contributed by atoms with E-state index in [2.05, 4.69) is 4.98 Å². The molecule has 0 saturated heterocycles. The topological polar surface area (TPSA) is 98.2 Å². The molecule has 0 aliphatic heterocycles. The van der Waals surface area contributed by atoms with Gasteiger partial charge in [-0.05, 0) is 18.2 Å². The summed E-state index contributed by atoms with van der Waals surface area (Å²) in [6, 6.07) is 3.62. The predicted molar refractivity (Wildman–Crippen MR) is 51.7 cm³/mol. The SMILES string of the molecule is NC(=O)n1cnc2cc(C(=O)O)ccc21. The van der Waals surface area contributed by atoms with E-state index in [1.165, 1.54) is 24.5 Å². The van der Waals surface area contributed by atoms with Crippen molar-refractivity contribution in [3.63, 3.8) is 0 Å². The summed E-state index contributed by atoms with van der Waals surface area (Å²) in [7, 11) is 0. The number of carboxylic acid groups (broad SMARTS) is 1. The number of amides is 1. The number of nitrogens with zero attached hydrogens (tertiary/aromatic N) is 2. The molecule has 0 spiro atoms. The number of aromatic carboxylic acids is 1. The first-order chi connectivity index (χ1) is 7.09. The maximum atomic E-state index is 10.9. The summed E-state index contributed by atoms with van der Waals surface area (Å²) in [5.41, 5.74) is 6.13. The average molecular weight is 205 g/mol. The highest BCUT2D eigenvalue weighted by Crippen LogP contribution is 2.14. The molecule has 2 rings (SSSR count). The molecule has 1 heterocycles. The molecule has 0 atom stereocenters. The molecule has 0 unspecified atom stereocenters.